The molecule has 3 rings (SSSR count). The number of hydrogen-bond donors (Lipinski definition) is 0. The number of hydrogen-bond acceptors (Lipinski definition) is 2. The molecule has 2 nitrogen and oxygen atoms in total. The maximum absolute atomic E-state index is 12.6. The number of carbonyl (C=O) groups excluding carboxylic acids is 1. The van der Waals surface area contributed by atoms with Crippen molar-refractivity contribution >= 4 is 16.6 Å². The van der Waals surface area contributed by atoms with Crippen molar-refractivity contribution in [3.05, 3.63) is 77.6 Å². The van der Waals surface area contributed by atoms with Gasteiger partial charge in [-0.15, -0.1) is 0 Å². The first-order valence-corrected chi connectivity index (χ1v) is 6.77. The average molecular weight is 261 g/mol. The van der Waals surface area contributed by atoms with Crippen molar-refractivity contribution in [2.75, 3.05) is 0 Å². The second-order valence-electron chi connectivity index (χ2n) is 4.76. The predicted octanol–water partition coefficient (Wildman–Crippen LogP) is 4.03. The topological polar surface area (TPSA) is 30.0 Å². The summed E-state index contributed by atoms with van der Waals surface area (Å²) in [7, 11) is 0. The fourth-order valence-electron chi connectivity index (χ4n) is 2.40. The zero-order valence-corrected chi connectivity index (χ0v) is 11.3. The molecule has 20 heavy (non-hydrogen) atoms. The Morgan fingerprint density at radius 1 is 1.00 bits per heavy atom. The number of fused-ring (bicyclic) bond motifs is 1. The van der Waals surface area contributed by atoms with Crippen molar-refractivity contribution in [1.29, 1.82) is 0 Å². The molecule has 0 spiro atoms. The SMILES string of the molecule is CCc1cccnc1C(=O)c1ccc2ccccc2c1. The molecule has 1 aromatic heterocycles. The third kappa shape index (κ3) is 2.21. The Kier molecular flexibility index (Phi) is 3.30. The fraction of sp³-hybridized carbons (Fsp3) is 0.111. The first-order chi connectivity index (χ1) is 9.79. The molecule has 98 valence electrons. The molecule has 1 heterocycles. The molecule has 0 fully saturated rings. The lowest BCUT2D eigenvalue weighted by Gasteiger charge is -2.06. The van der Waals surface area contributed by atoms with E-state index < -0.39 is 0 Å². The van der Waals surface area contributed by atoms with E-state index in [1.54, 1.807) is 6.20 Å². The molecule has 0 radical (unpaired) electrons. The summed E-state index contributed by atoms with van der Waals surface area (Å²) in [6.45, 7) is 2.04. The molecule has 0 aliphatic heterocycles. The maximum Gasteiger partial charge on any atom is 0.211 e. The van der Waals surface area contributed by atoms with Gasteiger partial charge >= 0.3 is 0 Å². The molecular formula is C18H15NO. The van der Waals surface area contributed by atoms with Crippen molar-refractivity contribution in [1.82, 2.24) is 4.98 Å². The van der Waals surface area contributed by atoms with E-state index in [0.717, 1.165) is 22.8 Å². The molecule has 0 atom stereocenters. The molecule has 2 aromatic carbocycles. The van der Waals surface area contributed by atoms with Gasteiger partial charge in [-0.05, 0) is 34.9 Å². The van der Waals surface area contributed by atoms with E-state index in [0.29, 0.717) is 11.3 Å². The van der Waals surface area contributed by atoms with Gasteiger partial charge < -0.3 is 0 Å². The monoisotopic (exact) mass is 261 g/mol. The second kappa shape index (κ2) is 5.25. The van der Waals surface area contributed by atoms with Gasteiger partial charge in [-0.1, -0.05) is 49.4 Å². The van der Waals surface area contributed by atoms with Gasteiger partial charge in [0.25, 0.3) is 0 Å². The Labute approximate surface area is 118 Å². The van der Waals surface area contributed by atoms with Crippen molar-refractivity contribution < 1.29 is 4.79 Å². The smallest absolute Gasteiger partial charge is 0.211 e. The highest BCUT2D eigenvalue weighted by Crippen LogP contribution is 2.19. The molecule has 3 aromatic rings. The van der Waals surface area contributed by atoms with Crippen LogP contribution < -0.4 is 0 Å². The molecular weight excluding hydrogens is 246 g/mol. The highest BCUT2D eigenvalue weighted by molar-refractivity contribution is 6.10. The normalized spacial score (nSPS) is 10.7. The molecule has 0 saturated heterocycles. The number of benzene rings is 2. The molecule has 0 bridgehead atoms. The van der Waals surface area contributed by atoms with Gasteiger partial charge in [0.1, 0.15) is 5.69 Å². The van der Waals surface area contributed by atoms with E-state index >= 15 is 0 Å². The van der Waals surface area contributed by atoms with Gasteiger partial charge in [-0.2, -0.15) is 0 Å². The summed E-state index contributed by atoms with van der Waals surface area (Å²) in [5.41, 5.74) is 2.24. The van der Waals surface area contributed by atoms with Crippen molar-refractivity contribution in [2.24, 2.45) is 0 Å². The van der Waals surface area contributed by atoms with Crippen LogP contribution in [-0.4, -0.2) is 10.8 Å². The summed E-state index contributed by atoms with van der Waals surface area (Å²) in [5.74, 6) is -0.00629. The Bertz CT molecular complexity index is 777. The highest BCUT2D eigenvalue weighted by Gasteiger charge is 2.14. The van der Waals surface area contributed by atoms with Crippen LogP contribution in [0.15, 0.2) is 60.8 Å². The standard InChI is InChI=1S/C18H15NO/c1-2-13-8-5-11-19-17(13)18(20)16-10-9-14-6-3-4-7-15(14)12-16/h3-12H,2H2,1H3. The highest BCUT2D eigenvalue weighted by atomic mass is 16.1. The van der Waals surface area contributed by atoms with Gasteiger partial charge in [0.2, 0.25) is 5.78 Å². The number of rotatable bonds is 3. The zero-order chi connectivity index (χ0) is 13.9. The molecule has 0 amide bonds. The molecule has 2 heteroatoms. The van der Waals surface area contributed by atoms with Crippen molar-refractivity contribution in [3.8, 4) is 0 Å². The van der Waals surface area contributed by atoms with E-state index in [1.165, 1.54) is 0 Å². The lowest BCUT2D eigenvalue weighted by atomic mass is 9.99. The van der Waals surface area contributed by atoms with Gasteiger partial charge in [0.15, 0.2) is 0 Å². The van der Waals surface area contributed by atoms with Gasteiger partial charge in [0, 0.05) is 11.8 Å². The molecule has 0 aliphatic rings. The van der Waals surface area contributed by atoms with E-state index in [9.17, 15) is 4.79 Å². The number of ketones is 1. The van der Waals surface area contributed by atoms with Crippen molar-refractivity contribution in [2.45, 2.75) is 13.3 Å². The quantitative estimate of drug-likeness (QED) is 0.666. The average Bonchev–Trinajstić information content (AvgIpc) is 2.53. The van der Waals surface area contributed by atoms with E-state index in [1.807, 2.05) is 61.5 Å². The Hall–Kier alpha value is -2.48. The first-order valence-electron chi connectivity index (χ1n) is 6.77. The lowest BCUT2D eigenvalue weighted by molar-refractivity contribution is 0.103. The van der Waals surface area contributed by atoms with Gasteiger partial charge in [-0.3, -0.25) is 9.78 Å². The van der Waals surface area contributed by atoms with Gasteiger partial charge in [0.05, 0.1) is 0 Å². The minimum Gasteiger partial charge on any atom is -0.287 e. The predicted molar refractivity (Wildman–Crippen MR) is 81.0 cm³/mol. The largest absolute Gasteiger partial charge is 0.287 e. The minimum absolute atomic E-state index is 0.00629. The zero-order valence-electron chi connectivity index (χ0n) is 11.3. The van der Waals surface area contributed by atoms with Crippen LogP contribution in [0.3, 0.4) is 0 Å². The first kappa shape index (κ1) is 12.5. The van der Waals surface area contributed by atoms with Crippen LogP contribution in [-0.2, 0) is 6.42 Å². The number of nitrogens with zero attached hydrogens (tertiary/aromatic N) is 1. The Morgan fingerprint density at radius 3 is 2.60 bits per heavy atom. The molecule has 0 unspecified atom stereocenters. The summed E-state index contributed by atoms with van der Waals surface area (Å²) in [5, 5.41) is 2.22. The number of carbonyl (C=O) groups is 1. The number of aromatic nitrogens is 1. The van der Waals surface area contributed by atoms with Crippen LogP contribution in [0, 0.1) is 0 Å². The van der Waals surface area contributed by atoms with Crippen LogP contribution in [0.5, 0.6) is 0 Å². The second-order valence-corrected chi connectivity index (χ2v) is 4.76. The molecule has 0 aliphatic carbocycles. The van der Waals surface area contributed by atoms with E-state index in [-0.39, 0.29) is 5.78 Å². The Morgan fingerprint density at radius 2 is 1.80 bits per heavy atom. The van der Waals surface area contributed by atoms with E-state index in [2.05, 4.69) is 4.98 Å². The van der Waals surface area contributed by atoms with Crippen LogP contribution >= 0.6 is 0 Å². The lowest BCUT2D eigenvalue weighted by Crippen LogP contribution is -2.07. The minimum atomic E-state index is -0.00629. The van der Waals surface area contributed by atoms with Crippen LogP contribution in [0.25, 0.3) is 10.8 Å². The number of aryl methyl sites for hydroxylation is 1. The number of pyridine rings is 1. The van der Waals surface area contributed by atoms with E-state index in [4.69, 9.17) is 0 Å². The van der Waals surface area contributed by atoms with Crippen LogP contribution in [0.4, 0.5) is 0 Å². The summed E-state index contributed by atoms with van der Waals surface area (Å²) in [6.07, 6.45) is 2.48. The third-order valence-electron chi connectivity index (χ3n) is 3.50. The molecule has 0 saturated carbocycles. The summed E-state index contributed by atoms with van der Waals surface area (Å²) in [4.78, 5) is 16.9. The Balaban J connectivity index is 2.08. The maximum atomic E-state index is 12.6. The summed E-state index contributed by atoms with van der Waals surface area (Å²) in [6, 6.07) is 17.7. The van der Waals surface area contributed by atoms with Gasteiger partial charge in [-0.25, -0.2) is 0 Å². The summed E-state index contributed by atoms with van der Waals surface area (Å²) >= 11 is 0. The summed E-state index contributed by atoms with van der Waals surface area (Å²) < 4.78 is 0. The fourth-order valence-corrected chi connectivity index (χ4v) is 2.40. The third-order valence-corrected chi connectivity index (χ3v) is 3.50. The van der Waals surface area contributed by atoms with Crippen LogP contribution in [0.1, 0.15) is 28.5 Å². The molecule has 0 N–H and O–H groups in total. The van der Waals surface area contributed by atoms with Crippen LogP contribution in [0.2, 0.25) is 0 Å². The van der Waals surface area contributed by atoms with Crippen molar-refractivity contribution in [3.63, 3.8) is 0 Å².